The Labute approximate surface area is 247 Å². The fourth-order valence-electron chi connectivity index (χ4n) is 6.15. The summed E-state index contributed by atoms with van der Waals surface area (Å²) in [5.41, 5.74) is 8.27. The Bertz CT molecular complexity index is 2350. The lowest BCUT2D eigenvalue weighted by molar-refractivity contribution is 0.673. The fraction of sp³-hybridized carbons (Fsp3) is 0. The van der Waals surface area contributed by atoms with Crippen LogP contribution in [0.4, 0.5) is 22.7 Å². The van der Waals surface area contributed by atoms with Crippen LogP contribution in [0.3, 0.4) is 0 Å². The Kier molecular flexibility index (Phi) is 5.50. The third-order valence-corrected chi connectivity index (χ3v) is 7.96. The quantitative estimate of drug-likeness (QED) is 0.205. The molecule has 0 radical (unpaired) electrons. The van der Waals surface area contributed by atoms with Crippen LogP contribution < -0.4 is 4.90 Å². The first-order valence-electron chi connectivity index (χ1n) is 14.0. The Morgan fingerprint density at radius 1 is 0.651 bits per heavy atom. The van der Waals surface area contributed by atoms with Crippen molar-refractivity contribution in [2.45, 2.75) is 0 Å². The molecule has 5 heteroatoms. The normalized spacial score (nSPS) is 11.2. The first-order chi connectivity index (χ1) is 21.2. The van der Waals surface area contributed by atoms with Gasteiger partial charge in [0.25, 0.3) is 0 Å². The highest BCUT2D eigenvalue weighted by atomic mass is 16.3. The molecule has 0 saturated heterocycles. The number of para-hydroxylation sites is 3. The van der Waals surface area contributed by atoms with Crippen molar-refractivity contribution in [3.05, 3.63) is 150 Å². The maximum Gasteiger partial charge on any atom is 0.190 e. The predicted octanol–water partition coefficient (Wildman–Crippen LogP) is 10.6. The molecular formula is C38H22N4O. The molecule has 0 aliphatic heterocycles. The number of anilines is 3. The summed E-state index contributed by atoms with van der Waals surface area (Å²) in [4.78, 5) is 5.90. The molecule has 200 valence electrons. The third kappa shape index (κ3) is 3.84. The molecule has 0 unspecified atom stereocenters. The first kappa shape index (κ1) is 24.5. The van der Waals surface area contributed by atoms with Crippen LogP contribution >= 0.6 is 0 Å². The fourth-order valence-corrected chi connectivity index (χ4v) is 6.15. The summed E-state index contributed by atoms with van der Waals surface area (Å²) in [7, 11) is 0. The SMILES string of the molecule is [C-]#[N+]c1cc(C#N)cc(-n2c3ccc(N(c4ccccc4)c4ccccc4)cc3c3c4oc5ccccc5c4ccc32)c1. The number of furan rings is 1. The van der Waals surface area contributed by atoms with Crippen LogP contribution in [0.25, 0.3) is 54.3 Å². The molecule has 2 heterocycles. The molecule has 43 heavy (non-hydrogen) atoms. The van der Waals surface area contributed by atoms with Crippen LogP contribution in [0, 0.1) is 17.9 Å². The second kappa shape index (κ2) is 9.66. The minimum atomic E-state index is 0.421. The van der Waals surface area contributed by atoms with Crippen LogP contribution in [0.15, 0.2) is 138 Å². The van der Waals surface area contributed by atoms with E-state index in [0.717, 1.165) is 66.5 Å². The number of nitrogens with zero attached hydrogens (tertiary/aromatic N) is 4. The van der Waals surface area contributed by atoms with Gasteiger partial charge in [-0.05, 0) is 78.9 Å². The Morgan fingerprint density at radius 2 is 1.35 bits per heavy atom. The van der Waals surface area contributed by atoms with Gasteiger partial charge in [0.15, 0.2) is 5.69 Å². The summed E-state index contributed by atoms with van der Waals surface area (Å²) in [6.45, 7) is 7.66. The molecule has 6 aromatic carbocycles. The molecule has 0 aliphatic carbocycles. The lowest BCUT2D eigenvalue weighted by Gasteiger charge is -2.25. The molecule has 0 fully saturated rings. The van der Waals surface area contributed by atoms with Crippen molar-refractivity contribution in [3.8, 4) is 11.8 Å². The summed E-state index contributed by atoms with van der Waals surface area (Å²) in [6.07, 6.45) is 0. The van der Waals surface area contributed by atoms with Crippen LogP contribution in [0.5, 0.6) is 0 Å². The van der Waals surface area contributed by atoms with E-state index in [0.29, 0.717) is 11.3 Å². The number of hydrogen-bond acceptors (Lipinski definition) is 3. The molecule has 0 N–H and O–H groups in total. The Morgan fingerprint density at radius 3 is 2.07 bits per heavy atom. The lowest BCUT2D eigenvalue weighted by Crippen LogP contribution is -2.09. The minimum absolute atomic E-state index is 0.421. The van der Waals surface area contributed by atoms with Crippen LogP contribution in [0.2, 0.25) is 0 Å². The van der Waals surface area contributed by atoms with Crippen molar-refractivity contribution in [1.82, 2.24) is 4.57 Å². The zero-order valence-corrected chi connectivity index (χ0v) is 22.9. The average molecular weight is 551 g/mol. The third-order valence-electron chi connectivity index (χ3n) is 7.96. The van der Waals surface area contributed by atoms with Crippen LogP contribution in [0.1, 0.15) is 5.56 Å². The Hall–Kier alpha value is -6.30. The summed E-state index contributed by atoms with van der Waals surface area (Å²) >= 11 is 0. The smallest absolute Gasteiger partial charge is 0.190 e. The Balaban J connectivity index is 1.50. The van der Waals surface area contributed by atoms with Gasteiger partial charge in [-0.2, -0.15) is 5.26 Å². The molecule has 8 aromatic rings. The van der Waals surface area contributed by atoms with Gasteiger partial charge in [-0.15, -0.1) is 0 Å². The second-order valence-electron chi connectivity index (χ2n) is 10.4. The van der Waals surface area contributed by atoms with E-state index in [9.17, 15) is 5.26 Å². The molecule has 5 nitrogen and oxygen atoms in total. The maximum absolute atomic E-state index is 9.76. The van der Waals surface area contributed by atoms with Gasteiger partial charge in [0.2, 0.25) is 0 Å². The number of fused-ring (bicyclic) bond motifs is 7. The van der Waals surface area contributed by atoms with Crippen molar-refractivity contribution in [1.29, 1.82) is 5.26 Å². The van der Waals surface area contributed by atoms with E-state index < -0.39 is 0 Å². The molecule has 0 amide bonds. The number of aromatic nitrogens is 1. The lowest BCUT2D eigenvalue weighted by atomic mass is 10.1. The van der Waals surface area contributed by atoms with Crippen molar-refractivity contribution in [2.75, 3.05) is 4.90 Å². The van der Waals surface area contributed by atoms with Crippen molar-refractivity contribution >= 4 is 66.5 Å². The summed E-state index contributed by atoms with van der Waals surface area (Å²) in [5.74, 6) is 0. The molecular weight excluding hydrogens is 528 g/mol. The number of benzene rings is 6. The minimum Gasteiger partial charge on any atom is -0.455 e. The van der Waals surface area contributed by atoms with E-state index in [1.807, 2.05) is 66.7 Å². The highest BCUT2D eigenvalue weighted by molar-refractivity contribution is 6.24. The van der Waals surface area contributed by atoms with E-state index in [1.165, 1.54) is 0 Å². The van der Waals surface area contributed by atoms with Crippen molar-refractivity contribution < 1.29 is 4.42 Å². The maximum atomic E-state index is 9.76. The predicted molar refractivity (Wildman–Crippen MR) is 174 cm³/mol. The van der Waals surface area contributed by atoms with Gasteiger partial charge in [-0.3, -0.25) is 0 Å². The van der Waals surface area contributed by atoms with Gasteiger partial charge >= 0.3 is 0 Å². The van der Waals surface area contributed by atoms with Gasteiger partial charge in [-0.25, -0.2) is 4.85 Å². The average Bonchev–Trinajstić information content (AvgIpc) is 3.61. The van der Waals surface area contributed by atoms with Gasteiger partial charge in [0.1, 0.15) is 11.2 Å². The number of nitriles is 1. The van der Waals surface area contributed by atoms with E-state index in [4.69, 9.17) is 11.0 Å². The molecule has 0 bridgehead atoms. The monoisotopic (exact) mass is 550 g/mol. The molecule has 0 saturated carbocycles. The summed E-state index contributed by atoms with van der Waals surface area (Å²) < 4.78 is 8.69. The van der Waals surface area contributed by atoms with E-state index in [-0.39, 0.29) is 0 Å². The highest BCUT2D eigenvalue weighted by Crippen LogP contribution is 2.43. The van der Waals surface area contributed by atoms with Gasteiger partial charge in [-0.1, -0.05) is 54.6 Å². The highest BCUT2D eigenvalue weighted by Gasteiger charge is 2.21. The van der Waals surface area contributed by atoms with Gasteiger partial charge in [0.05, 0.1) is 29.1 Å². The molecule has 0 spiro atoms. The van der Waals surface area contributed by atoms with E-state index in [2.05, 4.69) is 81.0 Å². The zero-order valence-electron chi connectivity index (χ0n) is 22.9. The number of rotatable bonds is 4. The van der Waals surface area contributed by atoms with E-state index >= 15 is 0 Å². The largest absolute Gasteiger partial charge is 0.455 e. The second-order valence-corrected chi connectivity index (χ2v) is 10.4. The number of hydrogen-bond donors (Lipinski definition) is 0. The molecule has 2 aromatic heterocycles. The topological polar surface area (TPSA) is 49.5 Å². The summed E-state index contributed by atoms with van der Waals surface area (Å²) in [5, 5.41) is 13.9. The van der Waals surface area contributed by atoms with Crippen LogP contribution in [-0.4, -0.2) is 4.57 Å². The van der Waals surface area contributed by atoms with Gasteiger partial charge < -0.3 is 13.9 Å². The standard InChI is InChI=1S/C38H22N4O/c1-40-26-20-25(24-39)21-30(22-26)42-34-18-16-29(41(27-10-4-2-5-11-27)28-12-6-3-7-13-28)23-33(34)37-35(42)19-17-32-31-14-8-9-15-36(31)43-38(32)37/h2-23H. The van der Waals surface area contributed by atoms with Gasteiger partial charge in [0, 0.05) is 44.5 Å². The van der Waals surface area contributed by atoms with Crippen molar-refractivity contribution in [2.24, 2.45) is 0 Å². The molecule has 0 atom stereocenters. The first-order valence-corrected chi connectivity index (χ1v) is 14.0. The van der Waals surface area contributed by atoms with Crippen molar-refractivity contribution in [3.63, 3.8) is 0 Å². The summed E-state index contributed by atoms with van der Waals surface area (Å²) in [6, 6.07) is 47.0. The zero-order chi connectivity index (χ0) is 28.9. The molecule has 0 aliphatic rings. The van der Waals surface area contributed by atoms with Crippen LogP contribution in [-0.2, 0) is 0 Å². The van der Waals surface area contributed by atoms with E-state index in [1.54, 1.807) is 6.07 Å². The molecule has 8 rings (SSSR count).